The third-order valence-corrected chi connectivity index (χ3v) is 3.63. The molecule has 2 heterocycles. The molecule has 2 nitrogen and oxygen atoms in total. The molecule has 0 unspecified atom stereocenters. The topological polar surface area (TPSA) is 25.8 Å². The van der Waals surface area contributed by atoms with Gasteiger partial charge < -0.3 is 0 Å². The molecule has 92 valence electrons. The van der Waals surface area contributed by atoms with Crippen LogP contribution in [0.1, 0.15) is 0 Å². The van der Waals surface area contributed by atoms with Gasteiger partial charge in [-0.05, 0) is 36.4 Å². The maximum Gasteiger partial charge on any atom is 0.0886 e. The number of benzene rings is 1. The molecule has 0 saturated heterocycles. The van der Waals surface area contributed by atoms with Gasteiger partial charge in [-0.1, -0.05) is 36.0 Å². The lowest BCUT2D eigenvalue weighted by Gasteiger charge is -2.03. The van der Waals surface area contributed by atoms with Crippen LogP contribution in [-0.4, -0.2) is 9.97 Å². The molecule has 1 aromatic carbocycles. The lowest BCUT2D eigenvalue weighted by molar-refractivity contribution is 1.20. The summed E-state index contributed by atoms with van der Waals surface area (Å²) in [6.07, 6.45) is 3.67. The number of hydrogen-bond acceptors (Lipinski definition) is 3. The van der Waals surface area contributed by atoms with Gasteiger partial charge >= 0.3 is 0 Å². The van der Waals surface area contributed by atoms with E-state index in [1.807, 2.05) is 48.7 Å². The first-order chi connectivity index (χ1) is 9.42. The van der Waals surface area contributed by atoms with Gasteiger partial charge in [-0.25, -0.2) is 0 Å². The highest BCUT2D eigenvalue weighted by Crippen LogP contribution is 2.27. The Morgan fingerprint density at radius 3 is 2.11 bits per heavy atom. The van der Waals surface area contributed by atoms with Crippen LogP contribution in [0.2, 0.25) is 0 Å². The summed E-state index contributed by atoms with van der Waals surface area (Å²) < 4.78 is 0. The number of hydrogen-bond donors (Lipinski definition) is 0. The molecule has 3 rings (SSSR count). The van der Waals surface area contributed by atoms with E-state index in [1.165, 1.54) is 4.90 Å². The molecule has 0 amide bonds. The molecule has 3 heteroatoms. The Kier molecular flexibility index (Phi) is 3.56. The molecule has 0 N–H and O–H groups in total. The second kappa shape index (κ2) is 5.67. The third kappa shape index (κ3) is 3.01. The minimum atomic E-state index is 0.901. The molecule has 0 aliphatic rings. The summed E-state index contributed by atoms with van der Waals surface area (Å²) in [5.74, 6) is 0. The van der Waals surface area contributed by atoms with Crippen LogP contribution in [0.5, 0.6) is 0 Å². The minimum Gasteiger partial charge on any atom is -0.255 e. The molecule has 0 aliphatic heterocycles. The SMILES string of the molecule is c1ccc(Sc2ccc(-c3ccccn3)nc2)cc1. The van der Waals surface area contributed by atoms with Gasteiger partial charge in [-0.3, -0.25) is 9.97 Å². The first-order valence-corrected chi connectivity index (χ1v) is 6.84. The summed E-state index contributed by atoms with van der Waals surface area (Å²) in [6, 6.07) is 20.2. The van der Waals surface area contributed by atoms with Gasteiger partial charge in [0.05, 0.1) is 11.4 Å². The molecule has 0 spiro atoms. The lowest BCUT2D eigenvalue weighted by atomic mass is 10.2. The zero-order chi connectivity index (χ0) is 12.9. The first-order valence-electron chi connectivity index (χ1n) is 6.02. The van der Waals surface area contributed by atoms with Gasteiger partial charge in [0.2, 0.25) is 0 Å². The van der Waals surface area contributed by atoms with Crippen molar-refractivity contribution in [1.82, 2.24) is 9.97 Å². The fourth-order valence-electron chi connectivity index (χ4n) is 1.73. The first kappa shape index (κ1) is 11.9. The highest BCUT2D eigenvalue weighted by molar-refractivity contribution is 7.99. The predicted molar refractivity (Wildman–Crippen MR) is 78.0 cm³/mol. The molecule has 0 atom stereocenters. The molecule has 2 aromatic heterocycles. The van der Waals surface area contributed by atoms with E-state index in [0.717, 1.165) is 16.3 Å². The normalized spacial score (nSPS) is 10.3. The van der Waals surface area contributed by atoms with E-state index in [0.29, 0.717) is 0 Å². The second-order valence-electron chi connectivity index (χ2n) is 4.01. The van der Waals surface area contributed by atoms with Gasteiger partial charge in [0.25, 0.3) is 0 Å². The van der Waals surface area contributed by atoms with Crippen molar-refractivity contribution in [3.8, 4) is 11.4 Å². The second-order valence-corrected chi connectivity index (χ2v) is 5.16. The predicted octanol–water partition coefficient (Wildman–Crippen LogP) is 4.29. The van der Waals surface area contributed by atoms with Crippen molar-refractivity contribution in [1.29, 1.82) is 0 Å². The van der Waals surface area contributed by atoms with Crippen molar-refractivity contribution in [3.05, 3.63) is 73.1 Å². The van der Waals surface area contributed by atoms with Crippen LogP contribution in [-0.2, 0) is 0 Å². The molecule has 0 bridgehead atoms. The van der Waals surface area contributed by atoms with Crippen LogP contribution in [0.3, 0.4) is 0 Å². The van der Waals surface area contributed by atoms with Gasteiger partial charge in [-0.15, -0.1) is 0 Å². The fraction of sp³-hybridized carbons (Fsp3) is 0. The molecule has 19 heavy (non-hydrogen) atoms. The van der Waals surface area contributed by atoms with Crippen LogP contribution < -0.4 is 0 Å². The molecule has 0 saturated carbocycles. The quantitative estimate of drug-likeness (QED) is 0.705. The monoisotopic (exact) mass is 264 g/mol. The summed E-state index contributed by atoms with van der Waals surface area (Å²) in [7, 11) is 0. The Balaban J connectivity index is 1.80. The lowest BCUT2D eigenvalue weighted by Crippen LogP contribution is -1.86. The minimum absolute atomic E-state index is 0.901. The van der Waals surface area contributed by atoms with Gasteiger partial charge in [0.1, 0.15) is 0 Å². The van der Waals surface area contributed by atoms with Gasteiger partial charge in [-0.2, -0.15) is 0 Å². The van der Waals surface area contributed by atoms with E-state index in [9.17, 15) is 0 Å². The van der Waals surface area contributed by atoms with E-state index in [2.05, 4.69) is 28.2 Å². The summed E-state index contributed by atoms with van der Waals surface area (Å²) in [6.45, 7) is 0. The van der Waals surface area contributed by atoms with E-state index >= 15 is 0 Å². The number of pyridine rings is 2. The molecule has 3 aromatic rings. The molecule has 0 radical (unpaired) electrons. The van der Waals surface area contributed by atoms with Crippen LogP contribution in [0.15, 0.2) is 82.8 Å². The third-order valence-electron chi connectivity index (χ3n) is 2.64. The average molecular weight is 264 g/mol. The van der Waals surface area contributed by atoms with E-state index < -0.39 is 0 Å². The number of nitrogens with zero attached hydrogens (tertiary/aromatic N) is 2. The smallest absolute Gasteiger partial charge is 0.0886 e. The fourth-order valence-corrected chi connectivity index (χ4v) is 2.54. The molecular formula is C16H12N2S. The highest BCUT2D eigenvalue weighted by Gasteiger charge is 2.01. The highest BCUT2D eigenvalue weighted by atomic mass is 32.2. The average Bonchev–Trinajstić information content (AvgIpc) is 2.50. The maximum atomic E-state index is 4.46. The standard InChI is InChI=1S/C16H12N2S/c1-2-6-13(7-3-1)19-14-9-10-16(18-12-14)15-8-4-5-11-17-15/h1-12H. The van der Waals surface area contributed by atoms with Crippen molar-refractivity contribution in [2.45, 2.75) is 9.79 Å². The Hall–Kier alpha value is -2.13. The summed E-state index contributed by atoms with van der Waals surface area (Å²) in [5, 5.41) is 0. The van der Waals surface area contributed by atoms with Gasteiger partial charge in [0.15, 0.2) is 0 Å². The zero-order valence-electron chi connectivity index (χ0n) is 10.2. The summed E-state index contributed by atoms with van der Waals surface area (Å²) in [4.78, 5) is 11.1. The molecule has 0 fully saturated rings. The van der Waals surface area contributed by atoms with Crippen molar-refractivity contribution >= 4 is 11.8 Å². The Morgan fingerprint density at radius 1 is 0.632 bits per heavy atom. The number of aromatic nitrogens is 2. The Labute approximate surface area is 116 Å². The van der Waals surface area contributed by atoms with Crippen LogP contribution in [0.25, 0.3) is 11.4 Å². The van der Waals surface area contributed by atoms with Crippen molar-refractivity contribution in [3.63, 3.8) is 0 Å². The summed E-state index contributed by atoms with van der Waals surface area (Å²) >= 11 is 1.71. The summed E-state index contributed by atoms with van der Waals surface area (Å²) in [5.41, 5.74) is 1.80. The van der Waals surface area contributed by atoms with E-state index in [4.69, 9.17) is 0 Å². The van der Waals surface area contributed by atoms with E-state index in [-0.39, 0.29) is 0 Å². The van der Waals surface area contributed by atoms with Crippen molar-refractivity contribution in [2.24, 2.45) is 0 Å². The molecule has 0 aliphatic carbocycles. The van der Waals surface area contributed by atoms with Crippen molar-refractivity contribution < 1.29 is 0 Å². The van der Waals surface area contributed by atoms with Crippen LogP contribution in [0.4, 0.5) is 0 Å². The zero-order valence-corrected chi connectivity index (χ0v) is 11.0. The number of rotatable bonds is 3. The van der Waals surface area contributed by atoms with Crippen LogP contribution in [0, 0.1) is 0 Å². The Morgan fingerprint density at radius 2 is 1.42 bits per heavy atom. The molecular weight excluding hydrogens is 252 g/mol. The Bertz CT molecular complexity index is 637. The maximum absolute atomic E-state index is 4.46. The van der Waals surface area contributed by atoms with Crippen molar-refractivity contribution in [2.75, 3.05) is 0 Å². The van der Waals surface area contributed by atoms with E-state index in [1.54, 1.807) is 18.0 Å². The largest absolute Gasteiger partial charge is 0.255 e. The van der Waals surface area contributed by atoms with Crippen LogP contribution >= 0.6 is 11.8 Å². The van der Waals surface area contributed by atoms with Gasteiger partial charge in [0, 0.05) is 22.2 Å².